The Bertz CT molecular complexity index is 257. The van der Waals surface area contributed by atoms with Crippen molar-refractivity contribution in [1.82, 2.24) is 0 Å². The predicted molar refractivity (Wildman–Crippen MR) is 56.9 cm³/mol. The third kappa shape index (κ3) is 4.00. The molecule has 0 fully saturated rings. The van der Waals surface area contributed by atoms with E-state index in [2.05, 4.69) is 4.84 Å². The molecule has 2 nitrogen and oxygen atoms in total. The second-order valence-corrected chi connectivity index (χ2v) is 4.05. The van der Waals surface area contributed by atoms with E-state index in [0.717, 1.165) is 22.1 Å². The van der Waals surface area contributed by atoms with Crippen LogP contribution < -0.4 is 5.90 Å². The average Bonchev–Trinajstić information content (AvgIpc) is 2.15. The molecule has 0 heterocycles. The van der Waals surface area contributed by atoms with E-state index in [-0.39, 0.29) is 0 Å². The zero-order chi connectivity index (χ0) is 9.52. The quantitative estimate of drug-likeness (QED) is 0.468. The number of rotatable bonds is 5. The molecule has 13 heavy (non-hydrogen) atoms. The van der Waals surface area contributed by atoms with E-state index in [1.165, 1.54) is 0 Å². The van der Waals surface area contributed by atoms with E-state index in [1.54, 1.807) is 11.8 Å². The van der Waals surface area contributed by atoms with Crippen LogP contribution in [0, 0.1) is 0 Å². The molecule has 1 rings (SSSR count). The Morgan fingerprint density at radius 3 is 2.85 bits per heavy atom. The lowest BCUT2D eigenvalue weighted by atomic mass is 10.4. The maximum atomic E-state index is 5.96. The molecule has 0 saturated heterocycles. The van der Waals surface area contributed by atoms with Crippen molar-refractivity contribution in [3.8, 4) is 0 Å². The van der Waals surface area contributed by atoms with Crippen LogP contribution in [0.3, 0.4) is 0 Å². The Kier molecular flexibility index (Phi) is 5.23. The Morgan fingerprint density at radius 2 is 2.15 bits per heavy atom. The van der Waals surface area contributed by atoms with Gasteiger partial charge in [-0.25, -0.2) is 5.90 Å². The Balaban J connectivity index is 2.32. The van der Waals surface area contributed by atoms with E-state index < -0.39 is 0 Å². The van der Waals surface area contributed by atoms with Gasteiger partial charge in [-0.15, -0.1) is 11.8 Å². The molecule has 0 aliphatic carbocycles. The third-order valence-corrected chi connectivity index (χ3v) is 3.10. The van der Waals surface area contributed by atoms with Gasteiger partial charge in [-0.3, -0.25) is 0 Å². The van der Waals surface area contributed by atoms with E-state index in [9.17, 15) is 0 Å². The fourth-order valence-corrected chi connectivity index (χ4v) is 2.05. The maximum absolute atomic E-state index is 5.96. The molecule has 2 N–H and O–H groups in total. The second kappa shape index (κ2) is 6.27. The fraction of sp³-hybridized carbons (Fsp3) is 0.333. The average molecular weight is 218 g/mol. The predicted octanol–water partition coefficient (Wildman–Crippen LogP) is 2.71. The van der Waals surface area contributed by atoms with Crippen molar-refractivity contribution in [3.63, 3.8) is 0 Å². The van der Waals surface area contributed by atoms with Crippen LogP contribution in [-0.2, 0) is 4.84 Å². The summed E-state index contributed by atoms with van der Waals surface area (Å²) in [6.45, 7) is 0.595. The molecule has 1 aromatic carbocycles. The summed E-state index contributed by atoms with van der Waals surface area (Å²) in [6.07, 6.45) is 0.937. The van der Waals surface area contributed by atoms with Gasteiger partial charge in [-0.05, 0) is 18.6 Å². The first kappa shape index (κ1) is 10.9. The van der Waals surface area contributed by atoms with Gasteiger partial charge in [-0.1, -0.05) is 23.7 Å². The normalized spacial score (nSPS) is 10.3. The van der Waals surface area contributed by atoms with Crippen LogP contribution in [0.2, 0.25) is 5.02 Å². The minimum Gasteiger partial charge on any atom is -0.305 e. The first-order chi connectivity index (χ1) is 6.34. The van der Waals surface area contributed by atoms with Crippen molar-refractivity contribution in [1.29, 1.82) is 0 Å². The van der Waals surface area contributed by atoms with Crippen LogP contribution in [0.5, 0.6) is 0 Å². The zero-order valence-electron chi connectivity index (χ0n) is 7.20. The summed E-state index contributed by atoms with van der Waals surface area (Å²) in [7, 11) is 0. The van der Waals surface area contributed by atoms with Crippen LogP contribution in [0.25, 0.3) is 0 Å². The zero-order valence-corrected chi connectivity index (χ0v) is 8.77. The van der Waals surface area contributed by atoms with Gasteiger partial charge in [0.1, 0.15) is 0 Å². The molecular weight excluding hydrogens is 206 g/mol. The van der Waals surface area contributed by atoms with E-state index in [0.29, 0.717) is 6.61 Å². The van der Waals surface area contributed by atoms with Gasteiger partial charge in [-0.2, -0.15) is 0 Å². The molecule has 72 valence electrons. The Morgan fingerprint density at radius 1 is 1.38 bits per heavy atom. The molecule has 1 aromatic rings. The summed E-state index contributed by atoms with van der Waals surface area (Å²) in [6, 6.07) is 7.81. The van der Waals surface area contributed by atoms with Crippen molar-refractivity contribution in [2.75, 3.05) is 12.4 Å². The third-order valence-electron chi connectivity index (χ3n) is 1.50. The summed E-state index contributed by atoms with van der Waals surface area (Å²) >= 11 is 7.68. The van der Waals surface area contributed by atoms with Crippen molar-refractivity contribution in [3.05, 3.63) is 29.3 Å². The molecule has 4 heteroatoms. The number of hydrogen-bond donors (Lipinski definition) is 1. The molecule has 0 unspecified atom stereocenters. The highest BCUT2D eigenvalue weighted by atomic mass is 35.5. The largest absolute Gasteiger partial charge is 0.305 e. The van der Waals surface area contributed by atoms with Crippen molar-refractivity contribution >= 4 is 23.4 Å². The van der Waals surface area contributed by atoms with Crippen LogP contribution in [0.15, 0.2) is 29.2 Å². The summed E-state index contributed by atoms with van der Waals surface area (Å²) in [5.41, 5.74) is 0. The first-order valence-corrected chi connectivity index (χ1v) is 5.40. The van der Waals surface area contributed by atoms with Crippen LogP contribution in [0.1, 0.15) is 6.42 Å². The fourth-order valence-electron chi connectivity index (χ4n) is 0.886. The standard InChI is InChI=1S/C9H12ClNOS/c10-8-4-1-2-5-9(8)13-7-3-6-12-11/h1-2,4-5H,3,6-7,11H2. The van der Waals surface area contributed by atoms with Crippen molar-refractivity contribution < 1.29 is 4.84 Å². The van der Waals surface area contributed by atoms with Gasteiger partial charge < -0.3 is 4.84 Å². The lowest BCUT2D eigenvalue weighted by Crippen LogP contribution is -2.01. The molecule has 0 aliphatic rings. The smallest absolute Gasteiger partial charge is 0.0687 e. The number of nitrogens with two attached hydrogens (primary N) is 1. The van der Waals surface area contributed by atoms with Gasteiger partial charge in [0.2, 0.25) is 0 Å². The Hall–Kier alpha value is -0.220. The van der Waals surface area contributed by atoms with E-state index in [1.807, 2.05) is 24.3 Å². The van der Waals surface area contributed by atoms with Gasteiger partial charge in [0.15, 0.2) is 0 Å². The van der Waals surface area contributed by atoms with Crippen molar-refractivity contribution in [2.24, 2.45) is 5.90 Å². The number of thioether (sulfide) groups is 1. The summed E-state index contributed by atoms with van der Waals surface area (Å²) in [4.78, 5) is 5.58. The Labute approximate surface area is 87.4 Å². The highest BCUT2D eigenvalue weighted by molar-refractivity contribution is 7.99. The number of halogens is 1. The lowest BCUT2D eigenvalue weighted by molar-refractivity contribution is 0.139. The molecule has 0 aromatic heterocycles. The van der Waals surface area contributed by atoms with Crippen LogP contribution >= 0.6 is 23.4 Å². The maximum Gasteiger partial charge on any atom is 0.0687 e. The highest BCUT2D eigenvalue weighted by Gasteiger charge is 1.98. The van der Waals surface area contributed by atoms with E-state index >= 15 is 0 Å². The van der Waals surface area contributed by atoms with Crippen LogP contribution in [-0.4, -0.2) is 12.4 Å². The topological polar surface area (TPSA) is 35.2 Å². The molecule has 0 atom stereocenters. The summed E-state index contributed by atoms with van der Waals surface area (Å²) in [5, 5.41) is 0.807. The molecule has 0 bridgehead atoms. The second-order valence-electron chi connectivity index (χ2n) is 2.50. The number of benzene rings is 1. The van der Waals surface area contributed by atoms with Gasteiger partial charge in [0, 0.05) is 10.6 Å². The molecule has 0 spiro atoms. The molecular formula is C9H12ClNOS. The minimum absolute atomic E-state index is 0.595. The molecule has 0 saturated carbocycles. The van der Waals surface area contributed by atoms with E-state index in [4.69, 9.17) is 17.5 Å². The van der Waals surface area contributed by atoms with Gasteiger partial charge in [0.05, 0.1) is 11.6 Å². The number of hydrogen-bond acceptors (Lipinski definition) is 3. The van der Waals surface area contributed by atoms with Gasteiger partial charge in [0.25, 0.3) is 0 Å². The molecule has 0 aliphatic heterocycles. The summed E-state index contributed by atoms with van der Waals surface area (Å²) < 4.78 is 0. The lowest BCUT2D eigenvalue weighted by Gasteiger charge is -2.02. The SMILES string of the molecule is NOCCCSc1ccccc1Cl. The van der Waals surface area contributed by atoms with Crippen molar-refractivity contribution in [2.45, 2.75) is 11.3 Å². The van der Waals surface area contributed by atoms with Crippen LogP contribution in [0.4, 0.5) is 0 Å². The molecule has 0 radical (unpaired) electrons. The monoisotopic (exact) mass is 217 g/mol. The highest BCUT2D eigenvalue weighted by Crippen LogP contribution is 2.26. The molecule has 0 amide bonds. The minimum atomic E-state index is 0.595. The van der Waals surface area contributed by atoms with Gasteiger partial charge >= 0.3 is 0 Å². The summed E-state index contributed by atoms with van der Waals surface area (Å²) in [5.74, 6) is 5.88. The first-order valence-electron chi connectivity index (χ1n) is 4.03.